The predicted octanol–water partition coefficient (Wildman–Crippen LogP) is 3.85. The summed E-state index contributed by atoms with van der Waals surface area (Å²) < 4.78 is 32.3. The van der Waals surface area contributed by atoms with Crippen LogP contribution in [0.25, 0.3) is 10.6 Å². The minimum absolute atomic E-state index is 0.290. The molecule has 0 bridgehead atoms. The van der Waals surface area contributed by atoms with Crippen molar-refractivity contribution in [2.24, 2.45) is 0 Å². The molecule has 2 aromatic heterocycles. The lowest BCUT2D eigenvalue weighted by molar-refractivity contribution is 0.433. The van der Waals surface area contributed by atoms with Crippen LogP contribution in [0.3, 0.4) is 0 Å². The summed E-state index contributed by atoms with van der Waals surface area (Å²) >= 11 is 1.38. The van der Waals surface area contributed by atoms with Gasteiger partial charge < -0.3 is 4.52 Å². The smallest absolute Gasteiger partial charge is 0.265 e. The first-order valence-electron chi connectivity index (χ1n) is 6.96. The summed E-state index contributed by atoms with van der Waals surface area (Å²) in [7, 11) is -2.06. The van der Waals surface area contributed by atoms with Crippen molar-refractivity contribution in [3.05, 3.63) is 53.0 Å². The maximum Gasteiger partial charge on any atom is 0.265 e. The summed E-state index contributed by atoms with van der Waals surface area (Å²) in [5.74, 6) is 0.567. The van der Waals surface area contributed by atoms with Crippen LogP contribution in [0.4, 0.5) is 5.69 Å². The number of nitrogens with zero attached hydrogens (tertiary/aromatic N) is 2. The van der Waals surface area contributed by atoms with Gasteiger partial charge in [0.15, 0.2) is 5.76 Å². The number of thiophene rings is 1. The molecule has 23 heavy (non-hydrogen) atoms. The molecular weight excluding hydrogens is 332 g/mol. The Bertz CT molecular complexity index is 928. The standard InChI is InChI=1S/C16H16N2O3S2/c1-11-5-4-6-13(9-11)18(3)23(19,20)16-10-15(22-12(16)2)14-7-8-17-21-14/h4-10H,1-3H3. The third kappa shape index (κ3) is 2.89. The molecule has 0 fully saturated rings. The lowest BCUT2D eigenvalue weighted by Crippen LogP contribution is -2.26. The molecular formula is C16H16N2O3S2. The first kappa shape index (κ1) is 15.8. The SMILES string of the molecule is Cc1cccc(N(C)S(=O)(=O)c2cc(-c3ccno3)sc2C)c1. The molecule has 0 spiro atoms. The molecule has 0 atom stereocenters. The monoisotopic (exact) mass is 348 g/mol. The van der Waals surface area contributed by atoms with Crippen molar-refractivity contribution in [1.29, 1.82) is 0 Å². The van der Waals surface area contributed by atoms with E-state index in [-0.39, 0.29) is 4.90 Å². The van der Waals surface area contributed by atoms with E-state index in [9.17, 15) is 8.42 Å². The van der Waals surface area contributed by atoms with Crippen molar-refractivity contribution >= 4 is 27.0 Å². The number of benzene rings is 1. The van der Waals surface area contributed by atoms with Crippen molar-refractivity contribution < 1.29 is 12.9 Å². The van der Waals surface area contributed by atoms with Crippen LogP contribution in [0.15, 0.2) is 52.0 Å². The number of hydrogen-bond donors (Lipinski definition) is 0. The largest absolute Gasteiger partial charge is 0.355 e. The number of sulfonamides is 1. The molecule has 120 valence electrons. The van der Waals surface area contributed by atoms with Crippen LogP contribution in [0, 0.1) is 13.8 Å². The van der Waals surface area contributed by atoms with Crippen molar-refractivity contribution in [2.45, 2.75) is 18.7 Å². The molecule has 0 amide bonds. The van der Waals surface area contributed by atoms with Crippen molar-refractivity contribution in [1.82, 2.24) is 5.16 Å². The van der Waals surface area contributed by atoms with Gasteiger partial charge in [0, 0.05) is 18.0 Å². The van der Waals surface area contributed by atoms with Crippen LogP contribution >= 0.6 is 11.3 Å². The van der Waals surface area contributed by atoms with Crippen LogP contribution in [-0.4, -0.2) is 20.6 Å². The van der Waals surface area contributed by atoms with Gasteiger partial charge in [0.25, 0.3) is 10.0 Å². The minimum atomic E-state index is -3.63. The highest BCUT2D eigenvalue weighted by Gasteiger charge is 2.26. The van der Waals surface area contributed by atoms with Gasteiger partial charge in [0.1, 0.15) is 4.90 Å². The van der Waals surface area contributed by atoms with E-state index in [4.69, 9.17) is 4.52 Å². The molecule has 0 aliphatic heterocycles. The fourth-order valence-electron chi connectivity index (χ4n) is 2.30. The third-order valence-electron chi connectivity index (χ3n) is 3.56. The lowest BCUT2D eigenvalue weighted by atomic mass is 10.2. The van der Waals surface area contributed by atoms with Gasteiger partial charge in [-0.15, -0.1) is 11.3 Å². The molecule has 0 aliphatic rings. The Hall–Kier alpha value is -2.12. The molecule has 5 nitrogen and oxygen atoms in total. The summed E-state index contributed by atoms with van der Waals surface area (Å²) in [5, 5.41) is 3.66. The molecule has 0 radical (unpaired) electrons. The van der Waals surface area contributed by atoms with Crippen molar-refractivity contribution in [3.63, 3.8) is 0 Å². The fourth-order valence-corrected chi connectivity index (χ4v) is 5.00. The van der Waals surface area contributed by atoms with Crippen molar-refractivity contribution in [3.8, 4) is 10.6 Å². The Morgan fingerprint density at radius 1 is 1.17 bits per heavy atom. The zero-order valence-corrected chi connectivity index (χ0v) is 14.6. The molecule has 0 saturated carbocycles. The highest BCUT2D eigenvalue weighted by atomic mass is 32.2. The zero-order chi connectivity index (χ0) is 16.6. The molecule has 0 aliphatic carbocycles. The average molecular weight is 348 g/mol. The summed E-state index contributed by atoms with van der Waals surface area (Å²) in [4.78, 5) is 1.75. The van der Waals surface area contributed by atoms with Gasteiger partial charge >= 0.3 is 0 Å². The van der Waals surface area contributed by atoms with Crippen LogP contribution in [0.5, 0.6) is 0 Å². The number of hydrogen-bond acceptors (Lipinski definition) is 5. The van der Waals surface area contributed by atoms with Gasteiger partial charge in [-0.05, 0) is 37.6 Å². The van der Waals surface area contributed by atoms with E-state index >= 15 is 0 Å². The molecule has 3 aromatic rings. The first-order valence-corrected chi connectivity index (χ1v) is 9.22. The van der Waals surface area contributed by atoms with Crippen LogP contribution in [-0.2, 0) is 10.0 Å². The Morgan fingerprint density at radius 3 is 2.61 bits per heavy atom. The number of rotatable bonds is 4. The highest BCUT2D eigenvalue weighted by Crippen LogP contribution is 2.35. The van der Waals surface area contributed by atoms with E-state index in [1.54, 1.807) is 32.2 Å². The minimum Gasteiger partial charge on any atom is -0.355 e. The molecule has 0 saturated heterocycles. The number of aromatic nitrogens is 1. The molecule has 7 heteroatoms. The second-order valence-corrected chi connectivity index (χ2v) is 8.41. The second kappa shape index (κ2) is 5.82. The molecule has 1 aromatic carbocycles. The molecule has 0 N–H and O–H groups in total. The van der Waals surface area contributed by atoms with E-state index in [0.29, 0.717) is 11.4 Å². The first-order chi connectivity index (χ1) is 10.9. The van der Waals surface area contributed by atoms with Gasteiger partial charge in [-0.3, -0.25) is 4.31 Å². The summed E-state index contributed by atoms with van der Waals surface area (Å²) in [6, 6.07) is 10.8. The summed E-state index contributed by atoms with van der Waals surface area (Å²) in [6.45, 7) is 3.73. The lowest BCUT2D eigenvalue weighted by Gasteiger charge is -2.19. The Labute approximate surface area is 139 Å². The van der Waals surface area contributed by atoms with Gasteiger partial charge in [-0.1, -0.05) is 17.3 Å². The normalized spacial score (nSPS) is 11.6. The summed E-state index contributed by atoms with van der Waals surface area (Å²) in [5.41, 5.74) is 1.64. The van der Waals surface area contributed by atoms with Gasteiger partial charge in [-0.2, -0.15) is 0 Å². The quantitative estimate of drug-likeness (QED) is 0.718. The topological polar surface area (TPSA) is 63.4 Å². The Kier molecular flexibility index (Phi) is 3.99. The predicted molar refractivity (Wildman–Crippen MR) is 91.3 cm³/mol. The van der Waals surface area contributed by atoms with Gasteiger partial charge in [0.05, 0.1) is 16.8 Å². The third-order valence-corrected chi connectivity index (χ3v) is 6.66. The fraction of sp³-hybridized carbons (Fsp3) is 0.188. The summed E-state index contributed by atoms with van der Waals surface area (Å²) in [6.07, 6.45) is 1.54. The highest BCUT2D eigenvalue weighted by molar-refractivity contribution is 7.93. The van der Waals surface area contributed by atoms with E-state index in [1.165, 1.54) is 21.8 Å². The molecule has 3 rings (SSSR count). The van der Waals surface area contributed by atoms with E-state index in [1.807, 2.05) is 25.1 Å². The Balaban J connectivity index is 2.03. The van der Waals surface area contributed by atoms with E-state index in [0.717, 1.165) is 15.3 Å². The Morgan fingerprint density at radius 2 is 1.96 bits per heavy atom. The van der Waals surface area contributed by atoms with Crippen molar-refractivity contribution in [2.75, 3.05) is 11.4 Å². The van der Waals surface area contributed by atoms with Gasteiger partial charge in [-0.25, -0.2) is 8.42 Å². The maximum absolute atomic E-state index is 12.9. The van der Waals surface area contributed by atoms with Gasteiger partial charge in [0.2, 0.25) is 0 Å². The number of anilines is 1. The molecule has 2 heterocycles. The second-order valence-electron chi connectivity index (χ2n) is 5.22. The molecule has 0 unspecified atom stereocenters. The van der Waals surface area contributed by atoms with Crippen LogP contribution < -0.4 is 4.31 Å². The van der Waals surface area contributed by atoms with E-state index < -0.39 is 10.0 Å². The number of aryl methyl sites for hydroxylation is 2. The zero-order valence-electron chi connectivity index (χ0n) is 13.0. The maximum atomic E-state index is 12.9. The van der Waals surface area contributed by atoms with Crippen LogP contribution in [0.1, 0.15) is 10.4 Å². The van der Waals surface area contributed by atoms with Crippen LogP contribution in [0.2, 0.25) is 0 Å². The average Bonchev–Trinajstić information content (AvgIpc) is 3.15. The van der Waals surface area contributed by atoms with E-state index in [2.05, 4.69) is 5.16 Å².